The third-order valence-corrected chi connectivity index (χ3v) is 4.01. The van der Waals surface area contributed by atoms with Crippen molar-refractivity contribution in [3.63, 3.8) is 0 Å². The average molecular weight is 315 g/mol. The second-order valence-electron chi connectivity index (χ2n) is 4.62. The van der Waals surface area contributed by atoms with Gasteiger partial charge in [0.2, 0.25) is 5.95 Å². The molecule has 2 rings (SSSR count). The predicted octanol–water partition coefficient (Wildman–Crippen LogP) is 2.24. The number of halogens is 1. The smallest absolute Gasteiger partial charge is 0.224 e. The van der Waals surface area contributed by atoms with Gasteiger partial charge in [-0.15, -0.1) is 0 Å². The molecule has 2 atom stereocenters. The summed E-state index contributed by atoms with van der Waals surface area (Å²) in [7, 11) is 1.80. The Morgan fingerprint density at radius 1 is 1.44 bits per heavy atom. The van der Waals surface area contributed by atoms with Gasteiger partial charge < -0.3 is 15.7 Å². The number of hydrogen-bond acceptors (Lipinski definition) is 5. The first kappa shape index (κ1) is 13.5. The third-order valence-electron chi connectivity index (χ3n) is 3.43. The van der Waals surface area contributed by atoms with Crippen LogP contribution in [0.1, 0.15) is 25.7 Å². The van der Waals surface area contributed by atoms with Crippen molar-refractivity contribution in [3.05, 3.63) is 10.7 Å². The van der Waals surface area contributed by atoms with Crippen molar-refractivity contribution in [1.29, 1.82) is 0 Å². The van der Waals surface area contributed by atoms with Gasteiger partial charge in [-0.25, -0.2) is 4.98 Å². The Bertz CT molecular complexity index is 402. The van der Waals surface area contributed by atoms with Crippen LogP contribution in [-0.4, -0.2) is 34.8 Å². The molecule has 1 aromatic heterocycles. The molecule has 2 unspecified atom stereocenters. The minimum atomic E-state index is 0.235. The molecule has 100 valence electrons. The quantitative estimate of drug-likeness (QED) is 0.795. The third kappa shape index (κ3) is 3.11. The van der Waals surface area contributed by atoms with Crippen molar-refractivity contribution in [1.82, 2.24) is 9.97 Å². The Kier molecular flexibility index (Phi) is 4.77. The van der Waals surface area contributed by atoms with Gasteiger partial charge in [-0.1, -0.05) is 12.8 Å². The van der Waals surface area contributed by atoms with Crippen LogP contribution < -0.4 is 10.6 Å². The van der Waals surface area contributed by atoms with Gasteiger partial charge in [0, 0.05) is 31.8 Å². The average Bonchev–Trinajstić information content (AvgIpc) is 2.42. The second kappa shape index (κ2) is 6.33. The molecule has 0 aliphatic heterocycles. The SMILES string of the molecule is CNc1ncc(Br)c(NC2CCCCC2CO)n1. The van der Waals surface area contributed by atoms with Gasteiger partial charge in [0.15, 0.2) is 0 Å². The van der Waals surface area contributed by atoms with E-state index in [0.717, 1.165) is 23.1 Å². The van der Waals surface area contributed by atoms with Gasteiger partial charge in [-0.3, -0.25) is 0 Å². The molecule has 5 nitrogen and oxygen atoms in total. The van der Waals surface area contributed by atoms with Gasteiger partial charge >= 0.3 is 0 Å². The standard InChI is InChI=1S/C12H19BrN4O/c1-14-12-15-6-9(13)11(17-12)16-10-5-3-2-4-8(10)7-18/h6,8,10,18H,2-5,7H2,1H3,(H2,14,15,16,17). The van der Waals surface area contributed by atoms with Crippen LogP contribution in [0.4, 0.5) is 11.8 Å². The maximum Gasteiger partial charge on any atom is 0.224 e. The summed E-state index contributed by atoms with van der Waals surface area (Å²) in [4.78, 5) is 8.52. The zero-order valence-corrected chi connectivity index (χ0v) is 12.1. The molecule has 6 heteroatoms. The highest BCUT2D eigenvalue weighted by Crippen LogP contribution is 2.29. The molecule has 1 saturated carbocycles. The summed E-state index contributed by atoms with van der Waals surface area (Å²) in [5.41, 5.74) is 0. The van der Waals surface area contributed by atoms with Gasteiger partial charge in [-0.2, -0.15) is 4.98 Å². The molecule has 1 aliphatic rings. The topological polar surface area (TPSA) is 70.1 Å². The molecule has 0 spiro atoms. The summed E-state index contributed by atoms with van der Waals surface area (Å²) in [6, 6.07) is 0.291. The normalized spacial score (nSPS) is 23.7. The van der Waals surface area contributed by atoms with Crippen molar-refractivity contribution >= 4 is 27.7 Å². The zero-order chi connectivity index (χ0) is 13.0. The summed E-state index contributed by atoms with van der Waals surface area (Å²) >= 11 is 3.45. The van der Waals surface area contributed by atoms with Gasteiger partial charge in [-0.05, 0) is 28.8 Å². The number of rotatable bonds is 4. The molecule has 0 saturated heterocycles. The number of anilines is 2. The van der Waals surface area contributed by atoms with E-state index < -0.39 is 0 Å². The van der Waals surface area contributed by atoms with Crippen LogP contribution >= 0.6 is 15.9 Å². The van der Waals surface area contributed by atoms with E-state index in [9.17, 15) is 5.11 Å². The fourth-order valence-electron chi connectivity index (χ4n) is 2.38. The molecule has 1 aromatic rings. The van der Waals surface area contributed by atoms with Crippen LogP contribution in [0, 0.1) is 5.92 Å². The predicted molar refractivity (Wildman–Crippen MR) is 75.7 cm³/mol. The lowest BCUT2D eigenvalue weighted by Gasteiger charge is -2.31. The molecular weight excluding hydrogens is 296 g/mol. The van der Waals surface area contributed by atoms with Crippen LogP contribution in [0.2, 0.25) is 0 Å². The first-order chi connectivity index (χ1) is 8.74. The minimum absolute atomic E-state index is 0.235. The van der Waals surface area contributed by atoms with Gasteiger partial charge in [0.25, 0.3) is 0 Å². The van der Waals surface area contributed by atoms with Crippen molar-refractivity contribution in [3.8, 4) is 0 Å². The molecule has 3 N–H and O–H groups in total. The number of nitrogens with zero attached hydrogens (tertiary/aromatic N) is 2. The number of aromatic nitrogens is 2. The Morgan fingerprint density at radius 3 is 2.94 bits per heavy atom. The van der Waals surface area contributed by atoms with E-state index in [1.165, 1.54) is 12.8 Å². The van der Waals surface area contributed by atoms with E-state index >= 15 is 0 Å². The molecule has 0 radical (unpaired) electrons. The summed E-state index contributed by atoms with van der Waals surface area (Å²) in [5, 5.41) is 15.8. The molecule has 0 aromatic carbocycles. The van der Waals surface area contributed by atoms with Crippen LogP contribution in [0.15, 0.2) is 10.7 Å². The Hall–Kier alpha value is -0.880. The number of nitrogens with one attached hydrogen (secondary N) is 2. The first-order valence-electron chi connectivity index (χ1n) is 6.32. The van der Waals surface area contributed by atoms with Crippen LogP contribution in [0.25, 0.3) is 0 Å². The molecule has 0 amide bonds. The van der Waals surface area contributed by atoms with Crippen molar-refractivity contribution < 1.29 is 5.11 Å². The molecule has 1 heterocycles. The largest absolute Gasteiger partial charge is 0.396 e. The highest BCUT2D eigenvalue weighted by molar-refractivity contribution is 9.10. The van der Waals surface area contributed by atoms with E-state index in [2.05, 4.69) is 36.5 Å². The molecule has 1 aliphatic carbocycles. The second-order valence-corrected chi connectivity index (χ2v) is 5.47. The maximum atomic E-state index is 9.41. The van der Waals surface area contributed by atoms with E-state index in [1.807, 2.05) is 0 Å². The lowest BCUT2D eigenvalue weighted by Crippen LogP contribution is -2.34. The zero-order valence-electron chi connectivity index (χ0n) is 10.5. The van der Waals surface area contributed by atoms with Crippen molar-refractivity contribution in [2.75, 3.05) is 24.3 Å². The van der Waals surface area contributed by atoms with E-state index in [-0.39, 0.29) is 6.61 Å². The minimum Gasteiger partial charge on any atom is -0.396 e. The fourth-order valence-corrected chi connectivity index (χ4v) is 2.69. The Balaban J connectivity index is 2.11. The summed E-state index contributed by atoms with van der Waals surface area (Å²) in [6.07, 6.45) is 6.30. The van der Waals surface area contributed by atoms with E-state index in [0.29, 0.717) is 17.9 Å². The van der Waals surface area contributed by atoms with Crippen molar-refractivity contribution in [2.45, 2.75) is 31.7 Å². The fraction of sp³-hybridized carbons (Fsp3) is 0.667. The lowest BCUT2D eigenvalue weighted by atomic mass is 9.85. The Labute approximate surface area is 116 Å². The van der Waals surface area contributed by atoms with E-state index in [1.54, 1.807) is 13.2 Å². The Morgan fingerprint density at radius 2 is 2.22 bits per heavy atom. The summed E-state index contributed by atoms with van der Waals surface area (Å²) < 4.78 is 0.851. The lowest BCUT2D eigenvalue weighted by molar-refractivity contribution is 0.178. The number of aliphatic hydroxyl groups is 1. The highest BCUT2D eigenvalue weighted by Gasteiger charge is 2.25. The summed E-state index contributed by atoms with van der Waals surface area (Å²) in [6.45, 7) is 0.235. The van der Waals surface area contributed by atoms with E-state index in [4.69, 9.17) is 0 Å². The summed E-state index contributed by atoms with van der Waals surface area (Å²) in [5.74, 6) is 1.70. The van der Waals surface area contributed by atoms with Gasteiger partial charge in [0.1, 0.15) is 5.82 Å². The number of aliphatic hydroxyl groups excluding tert-OH is 1. The van der Waals surface area contributed by atoms with Crippen LogP contribution in [-0.2, 0) is 0 Å². The molecular formula is C12H19BrN4O. The monoisotopic (exact) mass is 314 g/mol. The van der Waals surface area contributed by atoms with Gasteiger partial charge in [0.05, 0.1) is 4.47 Å². The van der Waals surface area contributed by atoms with Crippen LogP contribution in [0.5, 0.6) is 0 Å². The molecule has 1 fully saturated rings. The van der Waals surface area contributed by atoms with Crippen molar-refractivity contribution in [2.24, 2.45) is 5.92 Å². The number of hydrogen-bond donors (Lipinski definition) is 3. The molecule has 0 bridgehead atoms. The maximum absolute atomic E-state index is 9.41. The highest BCUT2D eigenvalue weighted by atomic mass is 79.9. The first-order valence-corrected chi connectivity index (χ1v) is 7.11. The van der Waals surface area contributed by atoms with Crippen LogP contribution in [0.3, 0.4) is 0 Å². The molecule has 18 heavy (non-hydrogen) atoms.